The zero-order valence-electron chi connectivity index (χ0n) is 38.6. The van der Waals surface area contributed by atoms with Crippen LogP contribution in [0, 0.1) is 40.6 Å². The smallest absolute Gasteiger partial charge is 0.416 e. The summed E-state index contributed by atoms with van der Waals surface area (Å²) in [5.74, 6) is -1.93. The first-order valence-electron chi connectivity index (χ1n) is 23.0. The number of non-ortho nitro benzene ring substituents is 1. The highest BCUT2D eigenvalue weighted by Gasteiger charge is 2.66. The van der Waals surface area contributed by atoms with Crippen LogP contribution >= 0.6 is 0 Å². The monoisotopic (exact) mass is 920 g/mol. The van der Waals surface area contributed by atoms with Gasteiger partial charge < -0.3 is 34.0 Å². The van der Waals surface area contributed by atoms with Crippen LogP contribution in [0.15, 0.2) is 114 Å². The van der Waals surface area contributed by atoms with Gasteiger partial charge in [0.2, 0.25) is 5.79 Å². The number of halogens is 1. The van der Waals surface area contributed by atoms with Gasteiger partial charge >= 0.3 is 6.09 Å². The number of allylic oxidation sites excluding steroid dienone is 1. The third-order valence-corrected chi connectivity index (χ3v) is 12.5. The van der Waals surface area contributed by atoms with Gasteiger partial charge in [-0.1, -0.05) is 48.3 Å². The standard InChI is InChI=1S/C52H61FN4O10/c1-6-28-64-52-47(56(32-35-16-18-37(53)19-17-35)50(60)65-40-22-20-39(21-23-40)57(61)62)31-45(55-67-51(3,4)5)43-29-36(13-7-9-26-58)42(15-8-10-27-59)48(49(43)52)44-30-41(24-25-46(44)66-52)63-33-38-14-11-12-34(2)54-38/h6,11-12,14,16-25,29-30,36,42,47-49,58-59H,1,7-10,13,15,26-28,31-33H2,2-5H3/t36-,42+,47-,48+,49+,52+/m0/s1. The number of aliphatic hydroxyl groups excluding tert-OH is 2. The highest BCUT2D eigenvalue weighted by molar-refractivity contribution is 6.03. The SMILES string of the molecule is C=CCO[C@@]12Oc3ccc(OCc4cccc(C)n4)cc3[C@H]3[C@H](CCCCO)[C@@H](CCCCO)C=C(C(=NOC(C)(C)C)C[C@@H]1N(Cc1ccc(F)cc1)C(=O)Oc1ccc([N+](=O)[O-])cc1)[C@H]32. The number of aryl methyl sites for hydroxylation is 1. The Balaban J connectivity index is 1.45. The van der Waals surface area contributed by atoms with Crippen molar-refractivity contribution in [1.29, 1.82) is 0 Å². The lowest BCUT2D eigenvalue weighted by atomic mass is 9.55. The molecule has 0 bridgehead atoms. The number of pyridine rings is 1. The molecule has 15 heteroatoms. The average Bonchev–Trinajstić information content (AvgIpc) is 3.30. The van der Waals surface area contributed by atoms with E-state index in [0.29, 0.717) is 35.6 Å². The molecule has 6 atom stereocenters. The number of hydrogen-bond acceptors (Lipinski definition) is 12. The second-order valence-corrected chi connectivity index (χ2v) is 18.4. The molecule has 3 aromatic carbocycles. The Morgan fingerprint density at radius 1 is 1.01 bits per heavy atom. The van der Waals surface area contributed by atoms with Crippen LogP contribution in [0.2, 0.25) is 0 Å². The molecule has 2 heterocycles. The zero-order chi connectivity index (χ0) is 47.7. The van der Waals surface area contributed by atoms with E-state index in [1.54, 1.807) is 18.2 Å². The number of ether oxygens (including phenoxy) is 4. The number of oxime groups is 1. The molecule has 0 unspecified atom stereocenters. The van der Waals surface area contributed by atoms with Gasteiger partial charge in [0.1, 0.15) is 41.3 Å². The molecule has 0 radical (unpaired) electrons. The van der Waals surface area contributed by atoms with Crippen LogP contribution < -0.4 is 14.2 Å². The van der Waals surface area contributed by atoms with Crippen LogP contribution in [-0.4, -0.2) is 74.1 Å². The average molecular weight is 921 g/mol. The Bertz CT molecular complexity index is 2420. The van der Waals surface area contributed by atoms with Crippen molar-refractivity contribution in [2.24, 2.45) is 22.9 Å². The lowest BCUT2D eigenvalue weighted by Gasteiger charge is -2.60. The molecular weight excluding hydrogens is 860 g/mol. The molecule has 67 heavy (non-hydrogen) atoms. The molecule has 0 spiro atoms. The Morgan fingerprint density at radius 2 is 1.73 bits per heavy atom. The van der Waals surface area contributed by atoms with Crippen LogP contribution in [0.25, 0.3) is 0 Å². The molecule has 1 aromatic heterocycles. The second kappa shape index (κ2) is 21.6. The normalized spacial score (nSPS) is 22.4. The number of fused-ring (bicyclic) bond motifs is 2. The molecule has 1 amide bonds. The lowest BCUT2D eigenvalue weighted by Crippen LogP contribution is -2.70. The number of nitro groups is 1. The Hall–Kier alpha value is -6.16. The summed E-state index contributed by atoms with van der Waals surface area (Å²) in [5.41, 5.74) is 3.65. The maximum absolute atomic E-state index is 15.0. The number of amides is 1. The summed E-state index contributed by atoms with van der Waals surface area (Å²) in [6, 6.07) is 21.6. The number of aromatic nitrogens is 1. The first-order valence-corrected chi connectivity index (χ1v) is 23.0. The van der Waals surface area contributed by atoms with Gasteiger partial charge in [0, 0.05) is 55.5 Å². The topological polar surface area (TPSA) is 175 Å². The number of unbranched alkanes of at least 4 members (excludes halogenated alkanes) is 2. The van der Waals surface area contributed by atoms with E-state index in [0.717, 1.165) is 48.2 Å². The predicted octanol–water partition coefficient (Wildman–Crippen LogP) is 10.1. The summed E-state index contributed by atoms with van der Waals surface area (Å²) in [5, 5.41) is 36.4. The predicted molar refractivity (Wildman–Crippen MR) is 250 cm³/mol. The van der Waals surface area contributed by atoms with E-state index in [1.807, 2.05) is 64.1 Å². The largest absolute Gasteiger partial charge is 0.487 e. The van der Waals surface area contributed by atoms with E-state index in [4.69, 9.17) is 28.9 Å². The van der Waals surface area contributed by atoms with E-state index in [2.05, 4.69) is 17.6 Å². The Kier molecular flexibility index (Phi) is 15.8. The molecule has 14 nitrogen and oxygen atoms in total. The zero-order valence-corrected chi connectivity index (χ0v) is 38.6. The molecule has 1 fully saturated rings. The van der Waals surface area contributed by atoms with E-state index >= 15 is 4.79 Å². The number of hydrogen-bond donors (Lipinski definition) is 2. The van der Waals surface area contributed by atoms with Gasteiger partial charge in [-0.2, -0.15) is 0 Å². The highest BCUT2D eigenvalue weighted by Crippen LogP contribution is 2.62. The van der Waals surface area contributed by atoms with Crippen LogP contribution in [0.1, 0.15) is 94.1 Å². The van der Waals surface area contributed by atoms with Gasteiger partial charge in [0.25, 0.3) is 5.69 Å². The van der Waals surface area contributed by atoms with Crippen molar-refractivity contribution in [3.63, 3.8) is 0 Å². The van der Waals surface area contributed by atoms with Gasteiger partial charge in [-0.05, 0) is 131 Å². The summed E-state index contributed by atoms with van der Waals surface area (Å²) in [7, 11) is 0. The molecular formula is C52H61FN4O10. The number of rotatable bonds is 20. The molecule has 1 aliphatic heterocycles. The number of nitro benzene ring substituents is 1. The minimum Gasteiger partial charge on any atom is -0.487 e. The number of carbonyl (C=O) groups is 1. The summed E-state index contributed by atoms with van der Waals surface area (Å²) < 4.78 is 41.4. The molecule has 0 saturated heterocycles. The Morgan fingerprint density at radius 3 is 2.40 bits per heavy atom. The molecule has 7 rings (SSSR count). The van der Waals surface area contributed by atoms with Crippen molar-refractivity contribution in [3.8, 4) is 17.2 Å². The number of benzene rings is 3. The van der Waals surface area contributed by atoms with Gasteiger partial charge in [0.15, 0.2) is 0 Å². The third kappa shape index (κ3) is 11.5. The minimum atomic E-state index is -1.63. The lowest BCUT2D eigenvalue weighted by molar-refractivity contribution is -0.384. The van der Waals surface area contributed by atoms with E-state index in [-0.39, 0.29) is 68.6 Å². The number of nitrogens with zero attached hydrogens (tertiary/aromatic N) is 4. The molecule has 1 saturated carbocycles. The fourth-order valence-corrected chi connectivity index (χ4v) is 9.65. The fraction of sp³-hybridized carbons (Fsp3) is 0.442. The van der Waals surface area contributed by atoms with E-state index in [1.165, 1.54) is 41.3 Å². The van der Waals surface area contributed by atoms with Crippen LogP contribution in [0.5, 0.6) is 17.2 Å². The summed E-state index contributed by atoms with van der Waals surface area (Å²) in [6.07, 6.45) is 7.33. The summed E-state index contributed by atoms with van der Waals surface area (Å²) in [4.78, 5) is 38.4. The molecule has 3 aliphatic rings. The van der Waals surface area contributed by atoms with Crippen LogP contribution in [0.3, 0.4) is 0 Å². The van der Waals surface area contributed by atoms with Gasteiger partial charge in [-0.15, -0.1) is 6.58 Å². The van der Waals surface area contributed by atoms with Gasteiger partial charge in [-0.25, -0.2) is 9.18 Å². The van der Waals surface area contributed by atoms with Crippen molar-refractivity contribution in [2.45, 2.75) is 109 Å². The Labute approximate surface area is 391 Å². The molecule has 2 N–H and O–H groups in total. The van der Waals surface area contributed by atoms with Crippen molar-refractivity contribution in [2.75, 3.05) is 19.8 Å². The van der Waals surface area contributed by atoms with Gasteiger partial charge in [-0.3, -0.25) is 20.0 Å². The van der Waals surface area contributed by atoms with E-state index < -0.39 is 40.2 Å². The minimum absolute atomic E-state index is 0.00979. The van der Waals surface area contributed by atoms with Crippen molar-refractivity contribution in [1.82, 2.24) is 9.88 Å². The fourth-order valence-electron chi connectivity index (χ4n) is 9.65. The van der Waals surface area contributed by atoms with Crippen molar-refractivity contribution in [3.05, 3.63) is 148 Å². The van der Waals surface area contributed by atoms with Crippen LogP contribution in [0.4, 0.5) is 14.9 Å². The maximum atomic E-state index is 15.0. The third-order valence-electron chi connectivity index (χ3n) is 12.5. The number of aliphatic hydroxyl groups is 2. The molecule has 4 aromatic rings. The molecule has 356 valence electrons. The first-order chi connectivity index (χ1) is 32.2. The highest BCUT2D eigenvalue weighted by atomic mass is 19.1. The second-order valence-electron chi connectivity index (χ2n) is 18.4. The molecule has 2 aliphatic carbocycles. The van der Waals surface area contributed by atoms with Crippen molar-refractivity contribution >= 4 is 17.5 Å². The van der Waals surface area contributed by atoms with Crippen LogP contribution in [-0.2, 0) is 22.7 Å². The quantitative estimate of drug-likeness (QED) is 0.0374. The summed E-state index contributed by atoms with van der Waals surface area (Å²) >= 11 is 0. The first kappa shape index (κ1) is 48.8. The number of carbonyl (C=O) groups excluding carboxylic acids is 1. The maximum Gasteiger partial charge on any atom is 0.416 e. The van der Waals surface area contributed by atoms with Crippen molar-refractivity contribution < 1.29 is 48.1 Å². The summed E-state index contributed by atoms with van der Waals surface area (Å²) in [6.45, 7) is 11.9. The van der Waals surface area contributed by atoms with Gasteiger partial charge in [0.05, 0.1) is 28.9 Å². The van der Waals surface area contributed by atoms with E-state index in [9.17, 15) is 24.7 Å².